The SMILES string of the molecule is COc1cc(CN2CC3[C@H](C2)[C@H]3NC(=O)C(O)(c2ccccc2)C2CCCC2)cc(OC)c1OC. The van der Waals surface area contributed by atoms with Crippen LogP contribution in [0.5, 0.6) is 17.2 Å². The Morgan fingerprint density at radius 3 is 2.14 bits per heavy atom. The number of ether oxygens (including phenoxy) is 3. The smallest absolute Gasteiger partial charge is 0.257 e. The standard InChI is InChI=1S/C28H36N2O5/c1-33-23-13-18(14-24(34-2)26(23)35-3)15-30-16-21-22(17-30)25(21)29-27(31)28(32,20-11-7-8-12-20)19-9-5-4-6-10-19/h4-6,9-10,13-14,20-22,25,32H,7-8,11-12,15-17H2,1-3H3,(H,29,31)/t21-,22?,25+,28?/m0/s1. The van der Waals surface area contributed by atoms with Crippen molar-refractivity contribution in [3.05, 3.63) is 53.6 Å². The van der Waals surface area contributed by atoms with Crippen molar-refractivity contribution >= 4 is 5.91 Å². The number of benzene rings is 2. The maximum absolute atomic E-state index is 13.5. The van der Waals surface area contributed by atoms with Gasteiger partial charge < -0.3 is 24.6 Å². The minimum atomic E-state index is -1.45. The number of amides is 1. The van der Waals surface area contributed by atoms with E-state index in [-0.39, 0.29) is 17.9 Å². The summed E-state index contributed by atoms with van der Waals surface area (Å²) in [6.45, 7) is 2.61. The Hall–Kier alpha value is -2.77. The minimum Gasteiger partial charge on any atom is -0.493 e. The summed E-state index contributed by atoms with van der Waals surface area (Å²) in [6, 6.07) is 13.6. The highest BCUT2D eigenvalue weighted by atomic mass is 16.5. The maximum Gasteiger partial charge on any atom is 0.257 e. The number of nitrogens with zero attached hydrogens (tertiary/aromatic N) is 1. The molecule has 0 spiro atoms. The van der Waals surface area contributed by atoms with Gasteiger partial charge in [-0.1, -0.05) is 43.2 Å². The van der Waals surface area contributed by atoms with Gasteiger partial charge in [0, 0.05) is 31.6 Å². The summed E-state index contributed by atoms with van der Waals surface area (Å²) >= 11 is 0. The van der Waals surface area contributed by atoms with Crippen LogP contribution < -0.4 is 19.5 Å². The number of aliphatic hydroxyl groups is 1. The first kappa shape index (κ1) is 23.9. The van der Waals surface area contributed by atoms with Gasteiger partial charge in [0.1, 0.15) is 0 Å². The summed E-state index contributed by atoms with van der Waals surface area (Å²) in [6.07, 6.45) is 3.91. The van der Waals surface area contributed by atoms with E-state index in [1.54, 1.807) is 21.3 Å². The van der Waals surface area contributed by atoms with Crippen molar-refractivity contribution in [3.63, 3.8) is 0 Å². The summed E-state index contributed by atoms with van der Waals surface area (Å²) < 4.78 is 16.4. The highest BCUT2D eigenvalue weighted by molar-refractivity contribution is 5.87. The largest absolute Gasteiger partial charge is 0.493 e. The van der Waals surface area contributed by atoms with Gasteiger partial charge in [0.15, 0.2) is 17.1 Å². The molecular weight excluding hydrogens is 444 g/mol. The van der Waals surface area contributed by atoms with Crippen LogP contribution in [0.2, 0.25) is 0 Å². The van der Waals surface area contributed by atoms with Gasteiger partial charge in [-0.2, -0.15) is 0 Å². The van der Waals surface area contributed by atoms with Gasteiger partial charge in [-0.3, -0.25) is 9.69 Å². The molecule has 1 saturated heterocycles. The van der Waals surface area contributed by atoms with Gasteiger partial charge in [-0.15, -0.1) is 0 Å². The Balaban J connectivity index is 1.23. The third kappa shape index (κ3) is 4.36. The zero-order valence-corrected chi connectivity index (χ0v) is 20.8. The normalized spacial score (nSPS) is 25.5. The van der Waals surface area contributed by atoms with E-state index in [9.17, 15) is 9.90 Å². The molecule has 3 fully saturated rings. The number of fused-ring (bicyclic) bond motifs is 1. The molecule has 2 unspecified atom stereocenters. The molecule has 0 bridgehead atoms. The first-order chi connectivity index (χ1) is 17.0. The third-order valence-electron chi connectivity index (χ3n) is 8.20. The monoisotopic (exact) mass is 480 g/mol. The van der Waals surface area contributed by atoms with Gasteiger partial charge in [0.2, 0.25) is 5.75 Å². The summed E-state index contributed by atoms with van der Waals surface area (Å²) in [5.41, 5.74) is 0.352. The lowest BCUT2D eigenvalue weighted by molar-refractivity contribution is -0.147. The van der Waals surface area contributed by atoms with Crippen LogP contribution in [0.1, 0.15) is 36.8 Å². The molecule has 1 heterocycles. The average Bonchev–Trinajstić information content (AvgIpc) is 3.28. The topological polar surface area (TPSA) is 80.3 Å². The van der Waals surface area contributed by atoms with E-state index in [0.29, 0.717) is 34.6 Å². The Morgan fingerprint density at radius 1 is 1.00 bits per heavy atom. The Kier molecular flexibility index (Phi) is 6.64. The lowest BCUT2D eigenvalue weighted by Gasteiger charge is -2.33. The van der Waals surface area contributed by atoms with E-state index >= 15 is 0 Å². The Bertz CT molecular complexity index is 1020. The molecule has 3 aliphatic rings. The minimum absolute atomic E-state index is 0.0278. The van der Waals surface area contributed by atoms with Crippen molar-refractivity contribution in [1.29, 1.82) is 0 Å². The number of carbonyl (C=O) groups is 1. The van der Waals surface area contributed by atoms with Crippen LogP contribution in [0.15, 0.2) is 42.5 Å². The first-order valence-electron chi connectivity index (χ1n) is 12.6. The summed E-state index contributed by atoms with van der Waals surface area (Å²) in [4.78, 5) is 15.9. The molecule has 2 saturated carbocycles. The van der Waals surface area contributed by atoms with Crippen molar-refractivity contribution < 1.29 is 24.1 Å². The van der Waals surface area contributed by atoms with E-state index in [4.69, 9.17) is 14.2 Å². The number of rotatable bonds is 9. The molecule has 7 heteroatoms. The predicted octanol–water partition coefficient (Wildman–Crippen LogP) is 3.34. The van der Waals surface area contributed by atoms with Crippen LogP contribution in [0, 0.1) is 17.8 Å². The maximum atomic E-state index is 13.5. The molecule has 188 valence electrons. The molecule has 1 amide bonds. The number of piperidine rings is 1. The van der Waals surface area contributed by atoms with Crippen LogP contribution in [-0.2, 0) is 16.9 Å². The van der Waals surface area contributed by atoms with Gasteiger partial charge in [0.25, 0.3) is 5.91 Å². The van der Waals surface area contributed by atoms with E-state index in [0.717, 1.165) is 50.9 Å². The number of hydrogen-bond donors (Lipinski definition) is 2. The molecule has 5 rings (SSSR count). The van der Waals surface area contributed by atoms with E-state index < -0.39 is 5.60 Å². The molecule has 2 aromatic carbocycles. The molecule has 1 aliphatic heterocycles. The van der Waals surface area contributed by atoms with Crippen LogP contribution in [0.3, 0.4) is 0 Å². The fourth-order valence-electron chi connectivity index (χ4n) is 6.29. The lowest BCUT2D eigenvalue weighted by Crippen LogP contribution is -2.50. The number of nitrogens with one attached hydrogen (secondary N) is 1. The predicted molar refractivity (Wildman–Crippen MR) is 133 cm³/mol. The molecule has 2 aliphatic carbocycles. The quantitative estimate of drug-likeness (QED) is 0.573. The third-order valence-corrected chi connectivity index (χ3v) is 8.20. The zero-order chi connectivity index (χ0) is 24.6. The highest BCUT2D eigenvalue weighted by Crippen LogP contribution is 2.48. The zero-order valence-electron chi connectivity index (χ0n) is 20.8. The summed E-state index contributed by atoms with van der Waals surface area (Å²) in [5, 5.41) is 15.0. The number of hydrogen-bond acceptors (Lipinski definition) is 6. The van der Waals surface area contributed by atoms with Crippen molar-refractivity contribution in [2.24, 2.45) is 17.8 Å². The van der Waals surface area contributed by atoms with Crippen molar-refractivity contribution in [2.75, 3.05) is 34.4 Å². The molecule has 2 N–H and O–H groups in total. The fourth-order valence-corrected chi connectivity index (χ4v) is 6.29. The Morgan fingerprint density at radius 2 is 1.60 bits per heavy atom. The summed E-state index contributed by atoms with van der Waals surface area (Å²) in [5.74, 6) is 2.49. The van der Waals surface area contributed by atoms with Crippen LogP contribution >= 0.6 is 0 Å². The van der Waals surface area contributed by atoms with Gasteiger partial charge >= 0.3 is 0 Å². The lowest BCUT2D eigenvalue weighted by atomic mass is 9.79. The van der Waals surface area contributed by atoms with E-state index in [1.165, 1.54) is 0 Å². The van der Waals surface area contributed by atoms with Crippen LogP contribution in [0.25, 0.3) is 0 Å². The Labute approximate surface area is 207 Å². The van der Waals surface area contributed by atoms with Crippen molar-refractivity contribution in [2.45, 2.75) is 43.9 Å². The average molecular weight is 481 g/mol. The fraction of sp³-hybridized carbons (Fsp3) is 0.536. The van der Waals surface area contributed by atoms with Crippen molar-refractivity contribution in [3.8, 4) is 17.2 Å². The molecule has 4 atom stereocenters. The second-order valence-electron chi connectivity index (χ2n) is 10.2. The molecular formula is C28H36N2O5. The molecule has 0 radical (unpaired) electrons. The van der Waals surface area contributed by atoms with Gasteiger partial charge in [-0.05, 0) is 47.9 Å². The molecule has 2 aromatic rings. The summed E-state index contributed by atoms with van der Waals surface area (Å²) in [7, 11) is 4.86. The number of carbonyl (C=O) groups excluding carboxylic acids is 1. The molecule has 7 nitrogen and oxygen atoms in total. The first-order valence-corrected chi connectivity index (χ1v) is 12.6. The second kappa shape index (κ2) is 9.70. The highest BCUT2D eigenvalue weighted by Gasteiger charge is 2.58. The van der Waals surface area contributed by atoms with Crippen LogP contribution in [-0.4, -0.2) is 56.4 Å². The number of methoxy groups -OCH3 is 3. The molecule has 0 aromatic heterocycles. The number of likely N-dealkylation sites (tertiary alicyclic amines) is 1. The van der Waals surface area contributed by atoms with Crippen LogP contribution in [0.4, 0.5) is 0 Å². The van der Waals surface area contributed by atoms with Crippen molar-refractivity contribution in [1.82, 2.24) is 10.2 Å². The van der Waals surface area contributed by atoms with Gasteiger partial charge in [-0.25, -0.2) is 0 Å². The van der Waals surface area contributed by atoms with E-state index in [1.807, 2.05) is 42.5 Å². The van der Waals surface area contributed by atoms with Gasteiger partial charge in [0.05, 0.1) is 21.3 Å². The molecule has 35 heavy (non-hydrogen) atoms. The second-order valence-corrected chi connectivity index (χ2v) is 10.2. The van der Waals surface area contributed by atoms with E-state index in [2.05, 4.69) is 10.2 Å².